The monoisotopic (exact) mass is 238 g/mol. The van der Waals surface area contributed by atoms with Gasteiger partial charge in [-0.15, -0.1) is 0 Å². The molecule has 0 spiro atoms. The Morgan fingerprint density at radius 1 is 1.65 bits per heavy atom. The third kappa shape index (κ3) is 2.83. The number of hydrogen-bond donors (Lipinski definition) is 2. The summed E-state index contributed by atoms with van der Waals surface area (Å²) in [6.45, 7) is 1.72. The fraction of sp³-hybridized carbons (Fsp3) is 0.545. The van der Waals surface area contributed by atoms with Crippen LogP contribution in [0.15, 0.2) is 10.7 Å². The Morgan fingerprint density at radius 2 is 2.35 bits per heavy atom. The minimum absolute atomic E-state index is 0.0520. The zero-order chi connectivity index (χ0) is 12.4. The number of nitrogens with zero attached hydrogens (tertiary/aromatic N) is 1. The molecule has 1 saturated carbocycles. The molecule has 0 radical (unpaired) electrons. The molecule has 6 nitrogen and oxygen atoms in total. The number of carbonyl (C=O) groups excluding carboxylic acids is 1. The van der Waals surface area contributed by atoms with Crippen LogP contribution in [-0.2, 0) is 4.79 Å². The van der Waals surface area contributed by atoms with Crippen molar-refractivity contribution in [2.24, 2.45) is 5.92 Å². The lowest BCUT2D eigenvalue weighted by Crippen LogP contribution is -2.38. The largest absolute Gasteiger partial charge is 0.481 e. The van der Waals surface area contributed by atoms with Gasteiger partial charge in [-0.2, -0.15) is 0 Å². The fourth-order valence-corrected chi connectivity index (χ4v) is 1.77. The van der Waals surface area contributed by atoms with Crippen molar-refractivity contribution in [3.8, 4) is 0 Å². The SMILES string of the molecule is Cc1cnoc1C(=O)NC(CC(=O)O)C1CC1. The lowest BCUT2D eigenvalue weighted by atomic mass is 10.1. The highest BCUT2D eigenvalue weighted by atomic mass is 16.5. The number of nitrogens with one attached hydrogen (secondary N) is 1. The summed E-state index contributed by atoms with van der Waals surface area (Å²) in [4.78, 5) is 22.5. The molecule has 6 heteroatoms. The predicted octanol–water partition coefficient (Wildman–Crippen LogP) is 0.966. The van der Waals surface area contributed by atoms with E-state index >= 15 is 0 Å². The van der Waals surface area contributed by atoms with E-state index < -0.39 is 11.9 Å². The number of aliphatic carboxylic acids is 1. The molecule has 1 unspecified atom stereocenters. The average molecular weight is 238 g/mol. The first-order valence-corrected chi connectivity index (χ1v) is 5.52. The van der Waals surface area contributed by atoms with Crippen LogP contribution in [0.3, 0.4) is 0 Å². The van der Waals surface area contributed by atoms with E-state index in [9.17, 15) is 9.59 Å². The molecule has 1 aliphatic rings. The van der Waals surface area contributed by atoms with Crippen molar-refractivity contribution < 1.29 is 19.2 Å². The number of aryl methyl sites for hydroxylation is 1. The van der Waals surface area contributed by atoms with Crippen LogP contribution in [0, 0.1) is 12.8 Å². The summed E-state index contributed by atoms with van der Waals surface area (Å²) in [5.74, 6) is -0.867. The molecule has 2 N–H and O–H groups in total. The van der Waals surface area contributed by atoms with Gasteiger partial charge in [0, 0.05) is 11.6 Å². The Morgan fingerprint density at radius 3 is 2.82 bits per heavy atom. The zero-order valence-electron chi connectivity index (χ0n) is 9.47. The molecule has 1 aromatic rings. The lowest BCUT2D eigenvalue weighted by molar-refractivity contribution is -0.137. The van der Waals surface area contributed by atoms with Crippen molar-refractivity contribution >= 4 is 11.9 Å². The molecule has 92 valence electrons. The number of carboxylic acid groups (broad SMARTS) is 1. The van der Waals surface area contributed by atoms with Gasteiger partial charge in [0.05, 0.1) is 12.6 Å². The van der Waals surface area contributed by atoms with Crippen molar-refractivity contribution in [1.82, 2.24) is 10.5 Å². The molecule has 1 amide bonds. The molecule has 17 heavy (non-hydrogen) atoms. The number of amides is 1. The maximum absolute atomic E-state index is 11.8. The zero-order valence-corrected chi connectivity index (χ0v) is 9.47. The van der Waals surface area contributed by atoms with Crippen LogP contribution in [0.4, 0.5) is 0 Å². The van der Waals surface area contributed by atoms with Gasteiger partial charge in [0.2, 0.25) is 5.76 Å². The smallest absolute Gasteiger partial charge is 0.305 e. The Labute approximate surface area is 98.0 Å². The topological polar surface area (TPSA) is 92.4 Å². The van der Waals surface area contributed by atoms with Gasteiger partial charge < -0.3 is 14.9 Å². The molecule has 0 saturated heterocycles. The van der Waals surface area contributed by atoms with E-state index in [-0.39, 0.29) is 24.1 Å². The van der Waals surface area contributed by atoms with Gasteiger partial charge in [0.25, 0.3) is 5.91 Å². The second-order valence-corrected chi connectivity index (χ2v) is 4.35. The number of carboxylic acids is 1. The van der Waals surface area contributed by atoms with E-state index in [1.54, 1.807) is 6.92 Å². The first kappa shape index (κ1) is 11.6. The molecular weight excluding hydrogens is 224 g/mol. The molecular formula is C11H14N2O4. The Balaban J connectivity index is 2.00. The van der Waals surface area contributed by atoms with Crippen LogP contribution in [0.5, 0.6) is 0 Å². The molecule has 1 atom stereocenters. The lowest BCUT2D eigenvalue weighted by Gasteiger charge is -2.15. The van der Waals surface area contributed by atoms with E-state index in [4.69, 9.17) is 9.63 Å². The van der Waals surface area contributed by atoms with Gasteiger partial charge in [-0.25, -0.2) is 0 Å². The maximum atomic E-state index is 11.8. The minimum Gasteiger partial charge on any atom is -0.481 e. The van der Waals surface area contributed by atoms with Gasteiger partial charge in [-0.1, -0.05) is 5.16 Å². The highest BCUT2D eigenvalue weighted by molar-refractivity contribution is 5.93. The van der Waals surface area contributed by atoms with Gasteiger partial charge in [-0.05, 0) is 25.7 Å². The van der Waals surface area contributed by atoms with Crippen LogP contribution in [-0.4, -0.2) is 28.2 Å². The molecule has 1 fully saturated rings. The maximum Gasteiger partial charge on any atom is 0.305 e. The van der Waals surface area contributed by atoms with Gasteiger partial charge in [-0.3, -0.25) is 9.59 Å². The normalized spacial score (nSPS) is 16.5. The number of carbonyl (C=O) groups is 2. The van der Waals surface area contributed by atoms with Crippen LogP contribution < -0.4 is 5.32 Å². The highest BCUT2D eigenvalue weighted by Crippen LogP contribution is 2.34. The highest BCUT2D eigenvalue weighted by Gasteiger charge is 2.34. The molecule has 2 rings (SSSR count). The molecule has 0 bridgehead atoms. The van der Waals surface area contributed by atoms with E-state index in [0.717, 1.165) is 12.8 Å². The standard InChI is InChI=1S/C11H14N2O4/c1-6-5-12-17-10(6)11(16)13-8(4-9(14)15)7-2-3-7/h5,7-8H,2-4H2,1H3,(H,13,16)(H,14,15). The molecule has 0 aliphatic heterocycles. The van der Waals surface area contributed by atoms with E-state index in [0.29, 0.717) is 5.56 Å². The quantitative estimate of drug-likeness (QED) is 0.797. The third-order valence-corrected chi connectivity index (χ3v) is 2.86. The van der Waals surface area contributed by atoms with Crippen molar-refractivity contribution in [3.63, 3.8) is 0 Å². The van der Waals surface area contributed by atoms with Crippen molar-refractivity contribution in [2.45, 2.75) is 32.2 Å². The summed E-state index contributed by atoms with van der Waals surface area (Å²) in [6.07, 6.45) is 3.34. The second kappa shape index (κ2) is 4.57. The number of hydrogen-bond acceptors (Lipinski definition) is 4. The van der Waals surface area contributed by atoms with E-state index in [1.807, 2.05) is 0 Å². The summed E-state index contributed by atoms with van der Waals surface area (Å²) < 4.78 is 4.82. The predicted molar refractivity (Wildman–Crippen MR) is 57.5 cm³/mol. The van der Waals surface area contributed by atoms with Crippen LogP contribution in [0.25, 0.3) is 0 Å². The fourth-order valence-electron chi connectivity index (χ4n) is 1.77. The summed E-state index contributed by atoms with van der Waals surface area (Å²) >= 11 is 0. The summed E-state index contributed by atoms with van der Waals surface area (Å²) in [7, 11) is 0. The summed E-state index contributed by atoms with van der Waals surface area (Å²) in [5, 5.41) is 15.0. The Bertz CT molecular complexity index is 436. The van der Waals surface area contributed by atoms with Gasteiger partial charge in [0.1, 0.15) is 0 Å². The summed E-state index contributed by atoms with van der Waals surface area (Å²) in [5.41, 5.74) is 0.646. The van der Waals surface area contributed by atoms with Gasteiger partial charge in [0.15, 0.2) is 0 Å². The molecule has 1 aromatic heterocycles. The Kier molecular flexibility index (Phi) is 3.12. The molecule has 0 aromatic carbocycles. The van der Waals surface area contributed by atoms with Crippen molar-refractivity contribution in [2.75, 3.05) is 0 Å². The van der Waals surface area contributed by atoms with Crippen molar-refractivity contribution in [3.05, 3.63) is 17.5 Å². The van der Waals surface area contributed by atoms with Crippen LogP contribution >= 0.6 is 0 Å². The van der Waals surface area contributed by atoms with E-state index in [1.165, 1.54) is 6.20 Å². The van der Waals surface area contributed by atoms with Gasteiger partial charge >= 0.3 is 5.97 Å². The molecule has 1 heterocycles. The van der Waals surface area contributed by atoms with Crippen LogP contribution in [0.2, 0.25) is 0 Å². The first-order chi connectivity index (χ1) is 8.08. The number of aromatic nitrogens is 1. The second-order valence-electron chi connectivity index (χ2n) is 4.35. The first-order valence-electron chi connectivity index (χ1n) is 5.52. The number of rotatable bonds is 5. The third-order valence-electron chi connectivity index (χ3n) is 2.86. The van der Waals surface area contributed by atoms with Crippen LogP contribution in [0.1, 0.15) is 35.4 Å². The average Bonchev–Trinajstić information content (AvgIpc) is 3.00. The Hall–Kier alpha value is -1.85. The van der Waals surface area contributed by atoms with E-state index in [2.05, 4.69) is 10.5 Å². The van der Waals surface area contributed by atoms with Crippen molar-refractivity contribution in [1.29, 1.82) is 0 Å². The summed E-state index contributed by atoms with van der Waals surface area (Å²) in [6, 6.07) is -0.315. The molecule has 1 aliphatic carbocycles. The minimum atomic E-state index is -0.906.